The summed E-state index contributed by atoms with van der Waals surface area (Å²) in [6, 6.07) is 14.9. The Morgan fingerprint density at radius 1 is 1.11 bits per heavy atom. The van der Waals surface area contributed by atoms with Crippen LogP contribution in [0.2, 0.25) is 0 Å². The van der Waals surface area contributed by atoms with Crippen LogP contribution in [0.4, 0.5) is 5.69 Å². The minimum absolute atomic E-state index is 0.140. The molecule has 0 fully saturated rings. The number of benzene rings is 2. The monoisotopic (exact) mass is 362 g/mol. The molecule has 0 saturated heterocycles. The van der Waals surface area contributed by atoms with Gasteiger partial charge in [-0.1, -0.05) is 30.3 Å². The fourth-order valence-corrected chi connectivity index (χ4v) is 2.83. The van der Waals surface area contributed by atoms with Crippen LogP contribution in [0.3, 0.4) is 0 Å². The number of carbonyl (C=O) groups excluding carboxylic acids is 2. The van der Waals surface area contributed by atoms with Crippen molar-refractivity contribution in [3.8, 4) is 11.4 Å². The van der Waals surface area contributed by atoms with Gasteiger partial charge in [0.25, 0.3) is 5.91 Å². The third-order valence-corrected chi connectivity index (χ3v) is 4.17. The molecule has 6 nitrogen and oxygen atoms in total. The van der Waals surface area contributed by atoms with Crippen LogP contribution < -0.4 is 10.6 Å². The second kappa shape index (κ2) is 8.31. The Bertz CT molecular complexity index is 962. The lowest BCUT2D eigenvalue weighted by atomic mass is 10.1. The average molecular weight is 362 g/mol. The van der Waals surface area contributed by atoms with Crippen LogP contribution in [0, 0.1) is 6.92 Å². The van der Waals surface area contributed by atoms with Crippen molar-refractivity contribution < 1.29 is 9.59 Å². The van der Waals surface area contributed by atoms with Crippen molar-refractivity contribution in [2.24, 2.45) is 7.05 Å². The van der Waals surface area contributed by atoms with E-state index < -0.39 is 0 Å². The first kappa shape index (κ1) is 18.4. The van der Waals surface area contributed by atoms with Crippen LogP contribution in [0.25, 0.3) is 11.4 Å². The van der Waals surface area contributed by atoms with E-state index in [2.05, 4.69) is 15.6 Å². The highest BCUT2D eigenvalue weighted by atomic mass is 16.2. The van der Waals surface area contributed by atoms with Crippen molar-refractivity contribution in [3.63, 3.8) is 0 Å². The molecular weight excluding hydrogens is 340 g/mol. The molecule has 0 aliphatic rings. The number of aryl methyl sites for hydroxylation is 2. The SMILES string of the molecule is Cc1cccc(NC(=O)CCNC(=O)c2ccccc2-c2nccn2C)c1. The van der Waals surface area contributed by atoms with E-state index in [9.17, 15) is 9.59 Å². The standard InChI is InChI=1S/C21H22N4O2/c1-15-6-5-7-16(14-15)24-19(26)10-11-23-21(27)18-9-4-3-8-17(18)20-22-12-13-25(20)2/h3-9,12-14H,10-11H2,1-2H3,(H,23,27)(H,24,26). The van der Waals surface area contributed by atoms with E-state index in [-0.39, 0.29) is 24.8 Å². The summed E-state index contributed by atoms with van der Waals surface area (Å²) in [7, 11) is 1.88. The molecule has 27 heavy (non-hydrogen) atoms. The van der Waals surface area contributed by atoms with Gasteiger partial charge in [0.15, 0.2) is 0 Å². The number of nitrogens with one attached hydrogen (secondary N) is 2. The van der Waals surface area contributed by atoms with Crippen LogP contribution in [-0.2, 0) is 11.8 Å². The maximum absolute atomic E-state index is 12.6. The van der Waals surface area contributed by atoms with E-state index in [1.807, 2.05) is 67.2 Å². The van der Waals surface area contributed by atoms with Gasteiger partial charge >= 0.3 is 0 Å². The molecule has 0 atom stereocenters. The minimum Gasteiger partial charge on any atom is -0.351 e. The Labute approximate surface area is 158 Å². The molecule has 0 aliphatic carbocycles. The lowest BCUT2D eigenvalue weighted by Gasteiger charge is -2.10. The van der Waals surface area contributed by atoms with Crippen molar-refractivity contribution in [2.45, 2.75) is 13.3 Å². The fourth-order valence-electron chi connectivity index (χ4n) is 2.83. The largest absolute Gasteiger partial charge is 0.351 e. The van der Waals surface area contributed by atoms with E-state index in [1.165, 1.54) is 0 Å². The quantitative estimate of drug-likeness (QED) is 0.707. The number of aromatic nitrogens is 2. The summed E-state index contributed by atoms with van der Waals surface area (Å²) < 4.78 is 1.86. The molecule has 2 N–H and O–H groups in total. The maximum atomic E-state index is 12.6. The van der Waals surface area contributed by atoms with Gasteiger partial charge in [-0.05, 0) is 30.7 Å². The van der Waals surface area contributed by atoms with Crippen molar-refractivity contribution in [2.75, 3.05) is 11.9 Å². The van der Waals surface area contributed by atoms with E-state index in [4.69, 9.17) is 0 Å². The summed E-state index contributed by atoms with van der Waals surface area (Å²) in [5.74, 6) is 0.355. The third-order valence-electron chi connectivity index (χ3n) is 4.17. The molecule has 3 rings (SSSR count). The highest BCUT2D eigenvalue weighted by molar-refractivity contribution is 6.00. The van der Waals surface area contributed by atoms with Gasteiger partial charge in [-0.15, -0.1) is 0 Å². The topological polar surface area (TPSA) is 76.0 Å². The summed E-state index contributed by atoms with van der Waals surface area (Å²) in [5.41, 5.74) is 3.12. The number of nitrogens with zero attached hydrogens (tertiary/aromatic N) is 2. The molecule has 0 bridgehead atoms. The van der Waals surface area contributed by atoms with Gasteiger partial charge in [0.2, 0.25) is 5.91 Å². The normalized spacial score (nSPS) is 10.4. The highest BCUT2D eigenvalue weighted by Crippen LogP contribution is 2.21. The van der Waals surface area contributed by atoms with Crippen LogP contribution in [0.1, 0.15) is 22.3 Å². The maximum Gasteiger partial charge on any atom is 0.252 e. The zero-order chi connectivity index (χ0) is 19.2. The van der Waals surface area contributed by atoms with Crippen LogP contribution >= 0.6 is 0 Å². The van der Waals surface area contributed by atoms with E-state index in [1.54, 1.807) is 12.3 Å². The summed E-state index contributed by atoms with van der Waals surface area (Å²) >= 11 is 0. The summed E-state index contributed by atoms with van der Waals surface area (Å²) in [6.45, 7) is 2.22. The molecule has 0 unspecified atom stereocenters. The zero-order valence-corrected chi connectivity index (χ0v) is 15.4. The molecule has 0 spiro atoms. The van der Waals surface area contributed by atoms with Crippen LogP contribution in [0.5, 0.6) is 0 Å². The van der Waals surface area contributed by atoms with E-state index in [0.717, 1.165) is 22.6 Å². The number of hydrogen-bond donors (Lipinski definition) is 2. The molecule has 2 amide bonds. The van der Waals surface area contributed by atoms with Crippen molar-refractivity contribution >= 4 is 17.5 Å². The number of hydrogen-bond acceptors (Lipinski definition) is 3. The van der Waals surface area contributed by atoms with Crippen molar-refractivity contribution in [1.82, 2.24) is 14.9 Å². The van der Waals surface area contributed by atoms with Gasteiger partial charge in [-0.3, -0.25) is 9.59 Å². The molecule has 1 heterocycles. The fraction of sp³-hybridized carbons (Fsp3) is 0.190. The number of amides is 2. The second-order valence-corrected chi connectivity index (χ2v) is 6.33. The first-order chi connectivity index (χ1) is 13.0. The summed E-state index contributed by atoms with van der Waals surface area (Å²) in [4.78, 5) is 29.0. The van der Waals surface area contributed by atoms with Gasteiger partial charge in [0, 0.05) is 43.7 Å². The van der Waals surface area contributed by atoms with Gasteiger partial charge < -0.3 is 15.2 Å². The minimum atomic E-state index is -0.225. The molecule has 2 aromatic carbocycles. The molecule has 138 valence electrons. The van der Waals surface area contributed by atoms with Gasteiger partial charge in [0.1, 0.15) is 5.82 Å². The molecule has 1 aromatic heterocycles. The molecule has 0 aliphatic heterocycles. The lowest BCUT2D eigenvalue weighted by molar-refractivity contribution is -0.116. The lowest BCUT2D eigenvalue weighted by Crippen LogP contribution is -2.28. The number of imidazole rings is 1. The zero-order valence-electron chi connectivity index (χ0n) is 15.4. The predicted molar refractivity (Wildman–Crippen MR) is 105 cm³/mol. The molecule has 0 saturated carbocycles. The number of anilines is 1. The molecule has 0 radical (unpaired) electrons. The molecular formula is C21H22N4O2. The third kappa shape index (κ3) is 4.61. The van der Waals surface area contributed by atoms with Crippen LogP contribution in [0.15, 0.2) is 60.9 Å². The Kier molecular flexibility index (Phi) is 5.66. The average Bonchev–Trinajstić information content (AvgIpc) is 3.07. The van der Waals surface area contributed by atoms with Gasteiger partial charge in [-0.25, -0.2) is 4.98 Å². The van der Waals surface area contributed by atoms with E-state index >= 15 is 0 Å². The van der Waals surface area contributed by atoms with Crippen LogP contribution in [-0.4, -0.2) is 27.9 Å². The van der Waals surface area contributed by atoms with Gasteiger partial charge in [0.05, 0.1) is 5.56 Å². The van der Waals surface area contributed by atoms with Crippen molar-refractivity contribution in [3.05, 3.63) is 72.1 Å². The molecule has 6 heteroatoms. The first-order valence-corrected chi connectivity index (χ1v) is 8.76. The Hall–Kier alpha value is -3.41. The Morgan fingerprint density at radius 3 is 2.67 bits per heavy atom. The number of rotatable bonds is 6. The predicted octanol–water partition coefficient (Wildman–Crippen LogP) is 3.15. The van der Waals surface area contributed by atoms with Crippen molar-refractivity contribution in [1.29, 1.82) is 0 Å². The number of carbonyl (C=O) groups is 2. The first-order valence-electron chi connectivity index (χ1n) is 8.76. The highest BCUT2D eigenvalue weighted by Gasteiger charge is 2.15. The van der Waals surface area contributed by atoms with E-state index in [0.29, 0.717) is 5.56 Å². The summed E-state index contributed by atoms with van der Waals surface area (Å²) in [5, 5.41) is 5.65. The Morgan fingerprint density at radius 2 is 1.93 bits per heavy atom. The molecule has 3 aromatic rings. The smallest absolute Gasteiger partial charge is 0.252 e. The Balaban J connectivity index is 1.59. The van der Waals surface area contributed by atoms with Gasteiger partial charge in [-0.2, -0.15) is 0 Å². The summed E-state index contributed by atoms with van der Waals surface area (Å²) in [6.07, 6.45) is 3.73. The second-order valence-electron chi connectivity index (χ2n) is 6.33.